The number of hydrogen-bond acceptors (Lipinski definition) is 0. The van der Waals surface area contributed by atoms with E-state index in [1.807, 2.05) is 6.92 Å². The minimum Gasteiger partial charge on any atom is -0.250 e. The van der Waals surface area contributed by atoms with Gasteiger partial charge in [0.25, 0.3) is 0 Å². The highest BCUT2D eigenvalue weighted by Gasteiger charge is 2.29. The first kappa shape index (κ1) is 14.8. The smallest absolute Gasteiger partial charge is 0.103 e. The maximum absolute atomic E-state index is 13.9. The van der Waals surface area contributed by atoms with Crippen LogP contribution in [0.2, 0.25) is 0 Å². The summed E-state index contributed by atoms with van der Waals surface area (Å²) in [6.45, 7) is 9.93. The van der Waals surface area contributed by atoms with Crippen LogP contribution in [0, 0.1) is 27.7 Å². The Morgan fingerprint density at radius 1 is 0.750 bits per heavy atom. The molecule has 0 fully saturated rings. The van der Waals surface area contributed by atoms with Gasteiger partial charge in [0.1, 0.15) is 6.67 Å². The number of hydrogen-bond donors (Lipinski definition) is 0. The van der Waals surface area contributed by atoms with Gasteiger partial charge in [-0.3, -0.25) is 0 Å². The lowest BCUT2D eigenvalue weighted by Crippen LogP contribution is -2.26. The number of benzene rings is 2. The molecule has 0 radical (unpaired) electrons. The van der Waals surface area contributed by atoms with Crippen LogP contribution < -0.4 is 0 Å². The zero-order valence-electron chi connectivity index (χ0n) is 13.0. The molecule has 0 N–H and O–H groups in total. The van der Waals surface area contributed by atoms with Crippen LogP contribution in [0.25, 0.3) is 0 Å². The second-order valence-electron chi connectivity index (χ2n) is 6.06. The van der Waals surface area contributed by atoms with E-state index in [0.717, 1.165) is 11.1 Å². The number of rotatable bonds is 3. The molecule has 0 bridgehead atoms. The Labute approximate surface area is 121 Å². The predicted molar refractivity (Wildman–Crippen MR) is 84.3 cm³/mol. The van der Waals surface area contributed by atoms with Gasteiger partial charge in [0.2, 0.25) is 0 Å². The summed E-state index contributed by atoms with van der Waals surface area (Å²) in [6, 6.07) is 12.5. The quantitative estimate of drug-likeness (QED) is 0.719. The van der Waals surface area contributed by atoms with E-state index >= 15 is 0 Å². The average molecular weight is 270 g/mol. The summed E-state index contributed by atoms with van der Waals surface area (Å²) in [7, 11) is 0. The summed E-state index contributed by atoms with van der Waals surface area (Å²) in [6.07, 6.45) is 0. The van der Waals surface area contributed by atoms with Crippen molar-refractivity contribution in [1.82, 2.24) is 0 Å². The van der Waals surface area contributed by atoms with E-state index in [2.05, 4.69) is 64.1 Å². The van der Waals surface area contributed by atoms with Gasteiger partial charge in [-0.25, -0.2) is 4.39 Å². The lowest BCUT2D eigenvalue weighted by molar-refractivity contribution is 0.373. The van der Waals surface area contributed by atoms with Crippen molar-refractivity contribution in [1.29, 1.82) is 0 Å². The van der Waals surface area contributed by atoms with Gasteiger partial charge < -0.3 is 0 Å². The highest BCUT2D eigenvalue weighted by atomic mass is 19.1. The zero-order chi connectivity index (χ0) is 14.9. The molecule has 0 heterocycles. The Balaban J connectivity index is 2.57. The van der Waals surface area contributed by atoms with E-state index in [-0.39, 0.29) is 0 Å². The first-order chi connectivity index (χ1) is 9.38. The Bertz CT molecular complexity index is 574. The predicted octanol–water partition coefficient (Wildman–Crippen LogP) is 5.20. The first-order valence-corrected chi connectivity index (χ1v) is 7.10. The summed E-state index contributed by atoms with van der Waals surface area (Å²) in [5.74, 6) is 0. The van der Waals surface area contributed by atoms with Crippen LogP contribution in [0.5, 0.6) is 0 Å². The number of alkyl halides is 1. The van der Waals surface area contributed by atoms with Crippen LogP contribution in [0.3, 0.4) is 0 Å². The van der Waals surface area contributed by atoms with Gasteiger partial charge in [-0.2, -0.15) is 0 Å². The van der Waals surface area contributed by atoms with Crippen molar-refractivity contribution < 1.29 is 4.39 Å². The van der Waals surface area contributed by atoms with Gasteiger partial charge in [0, 0.05) is 5.41 Å². The minimum absolute atomic E-state index is 0.391. The summed E-state index contributed by atoms with van der Waals surface area (Å²) in [5, 5.41) is 0. The Kier molecular flexibility index (Phi) is 3.99. The second kappa shape index (κ2) is 5.40. The molecule has 2 rings (SSSR count). The summed E-state index contributed by atoms with van der Waals surface area (Å²) < 4.78 is 13.9. The normalized spacial score (nSPS) is 11.7. The Morgan fingerprint density at radius 3 is 1.45 bits per heavy atom. The minimum atomic E-state index is -0.572. The molecule has 0 aromatic heterocycles. The topological polar surface area (TPSA) is 0 Å². The molecular weight excluding hydrogens is 247 g/mol. The van der Waals surface area contributed by atoms with Crippen molar-refractivity contribution in [3.8, 4) is 0 Å². The molecule has 1 heteroatoms. The average Bonchev–Trinajstić information content (AvgIpc) is 2.44. The number of halogens is 1. The SMILES string of the molecule is Cc1ccc(C(C)(CF)c2ccc(C)c(C)c2)cc1C. The van der Waals surface area contributed by atoms with Crippen LogP contribution >= 0.6 is 0 Å². The van der Waals surface area contributed by atoms with E-state index in [1.54, 1.807) is 0 Å². The van der Waals surface area contributed by atoms with Gasteiger partial charge in [0.05, 0.1) is 0 Å². The van der Waals surface area contributed by atoms with Gasteiger partial charge in [-0.15, -0.1) is 0 Å². The van der Waals surface area contributed by atoms with Gasteiger partial charge in [-0.1, -0.05) is 36.4 Å². The van der Waals surface area contributed by atoms with E-state index in [0.29, 0.717) is 0 Å². The van der Waals surface area contributed by atoms with E-state index < -0.39 is 12.1 Å². The van der Waals surface area contributed by atoms with Crippen molar-refractivity contribution in [3.05, 3.63) is 69.8 Å². The molecule has 0 saturated carbocycles. The molecule has 2 aromatic carbocycles. The highest BCUT2D eigenvalue weighted by Crippen LogP contribution is 2.34. The standard InChI is InChI=1S/C19H23F/c1-13-6-8-17(10-15(13)3)19(5,12-20)18-9-7-14(2)16(4)11-18/h6-11H,12H2,1-5H3. The van der Waals surface area contributed by atoms with Crippen LogP contribution in [0.4, 0.5) is 4.39 Å². The van der Waals surface area contributed by atoms with Crippen LogP contribution in [0.15, 0.2) is 36.4 Å². The molecule has 0 aliphatic heterocycles. The third-order valence-corrected chi connectivity index (χ3v) is 4.56. The van der Waals surface area contributed by atoms with Gasteiger partial charge >= 0.3 is 0 Å². The van der Waals surface area contributed by atoms with Crippen LogP contribution in [-0.4, -0.2) is 6.67 Å². The fourth-order valence-corrected chi connectivity index (χ4v) is 2.49. The summed E-state index contributed by atoms with van der Waals surface area (Å²) in [5.41, 5.74) is 6.44. The summed E-state index contributed by atoms with van der Waals surface area (Å²) in [4.78, 5) is 0. The molecule has 0 amide bonds. The van der Waals surface area contributed by atoms with Crippen molar-refractivity contribution in [2.45, 2.75) is 40.0 Å². The van der Waals surface area contributed by atoms with Crippen molar-refractivity contribution in [2.75, 3.05) is 6.67 Å². The van der Waals surface area contributed by atoms with Crippen molar-refractivity contribution in [2.24, 2.45) is 0 Å². The molecule has 20 heavy (non-hydrogen) atoms. The van der Waals surface area contributed by atoms with Crippen molar-refractivity contribution >= 4 is 0 Å². The molecule has 0 aliphatic rings. The fraction of sp³-hybridized carbons (Fsp3) is 0.368. The monoisotopic (exact) mass is 270 g/mol. The van der Waals surface area contributed by atoms with Gasteiger partial charge in [0.15, 0.2) is 0 Å². The lowest BCUT2D eigenvalue weighted by atomic mass is 9.76. The van der Waals surface area contributed by atoms with E-state index in [4.69, 9.17) is 0 Å². The van der Waals surface area contributed by atoms with Crippen LogP contribution in [0.1, 0.15) is 40.3 Å². The lowest BCUT2D eigenvalue weighted by Gasteiger charge is -2.29. The molecular formula is C19H23F. The molecule has 0 atom stereocenters. The molecule has 0 nitrogen and oxygen atoms in total. The van der Waals surface area contributed by atoms with Gasteiger partial charge in [-0.05, 0) is 68.0 Å². The number of aryl methyl sites for hydroxylation is 4. The highest BCUT2D eigenvalue weighted by molar-refractivity contribution is 5.44. The molecule has 106 valence electrons. The third kappa shape index (κ3) is 2.49. The fourth-order valence-electron chi connectivity index (χ4n) is 2.49. The first-order valence-electron chi connectivity index (χ1n) is 7.10. The maximum Gasteiger partial charge on any atom is 0.103 e. The Morgan fingerprint density at radius 2 is 1.15 bits per heavy atom. The third-order valence-electron chi connectivity index (χ3n) is 4.56. The second-order valence-corrected chi connectivity index (χ2v) is 6.06. The van der Waals surface area contributed by atoms with E-state index in [9.17, 15) is 4.39 Å². The molecule has 2 aromatic rings. The molecule has 0 saturated heterocycles. The largest absolute Gasteiger partial charge is 0.250 e. The maximum atomic E-state index is 13.9. The Hall–Kier alpha value is -1.63. The van der Waals surface area contributed by atoms with E-state index in [1.165, 1.54) is 22.3 Å². The molecule has 0 unspecified atom stereocenters. The molecule has 0 aliphatic carbocycles. The van der Waals surface area contributed by atoms with Crippen LogP contribution in [-0.2, 0) is 5.41 Å². The summed E-state index contributed by atoms with van der Waals surface area (Å²) >= 11 is 0. The van der Waals surface area contributed by atoms with Crippen molar-refractivity contribution in [3.63, 3.8) is 0 Å². The molecule has 0 spiro atoms. The zero-order valence-corrected chi connectivity index (χ0v) is 13.0.